The van der Waals surface area contributed by atoms with Gasteiger partial charge in [-0.3, -0.25) is 4.79 Å². The summed E-state index contributed by atoms with van der Waals surface area (Å²) >= 11 is 5.97. The minimum atomic E-state index is -0.736. The van der Waals surface area contributed by atoms with E-state index in [1.54, 1.807) is 31.2 Å². The molecule has 26 heavy (non-hydrogen) atoms. The van der Waals surface area contributed by atoms with Gasteiger partial charge in [-0.05, 0) is 54.2 Å². The monoisotopic (exact) mass is 373 g/mol. The highest BCUT2D eigenvalue weighted by molar-refractivity contribution is 6.30. The lowest BCUT2D eigenvalue weighted by atomic mass is 9.92. The molecular weight excluding hydrogens is 350 g/mol. The van der Waals surface area contributed by atoms with Gasteiger partial charge in [-0.25, -0.2) is 0 Å². The minimum Gasteiger partial charge on any atom is -0.497 e. The fourth-order valence-corrected chi connectivity index (χ4v) is 3.36. The second kappa shape index (κ2) is 8.11. The standard InChI is InChI=1S/C21H24ClNO3/c1-23(13-19(24)14-7-11-18(26-2)12-8-14)21(25)20(15-3-4-15)16-5-9-17(22)10-6-16/h5-12,15,19-20,24H,3-4,13H2,1-2H3. The molecule has 0 radical (unpaired) electrons. The van der Waals surface area contributed by atoms with Gasteiger partial charge >= 0.3 is 0 Å². The minimum absolute atomic E-state index is 0.0439. The van der Waals surface area contributed by atoms with E-state index in [2.05, 4.69) is 0 Å². The Labute approximate surface area is 159 Å². The van der Waals surface area contributed by atoms with Gasteiger partial charge in [-0.1, -0.05) is 35.9 Å². The number of carbonyl (C=O) groups excluding carboxylic acids is 1. The zero-order valence-electron chi connectivity index (χ0n) is 15.1. The van der Waals surface area contributed by atoms with Crippen LogP contribution in [0.4, 0.5) is 0 Å². The molecule has 1 aliphatic rings. The van der Waals surface area contributed by atoms with Gasteiger partial charge in [0.1, 0.15) is 5.75 Å². The first-order valence-corrected chi connectivity index (χ1v) is 9.20. The van der Waals surface area contributed by atoms with Gasteiger partial charge < -0.3 is 14.7 Å². The highest BCUT2D eigenvalue weighted by Crippen LogP contribution is 2.43. The summed E-state index contributed by atoms with van der Waals surface area (Å²) in [5.41, 5.74) is 1.76. The Morgan fingerprint density at radius 3 is 2.27 bits per heavy atom. The molecule has 0 aliphatic heterocycles. The zero-order valence-corrected chi connectivity index (χ0v) is 15.8. The molecule has 0 aromatic heterocycles. The molecule has 0 bridgehead atoms. The number of aliphatic hydroxyl groups excluding tert-OH is 1. The number of hydrogen-bond donors (Lipinski definition) is 1. The van der Waals surface area contributed by atoms with E-state index in [1.807, 2.05) is 36.4 Å². The van der Waals surface area contributed by atoms with Gasteiger partial charge in [0.2, 0.25) is 5.91 Å². The van der Waals surface area contributed by atoms with E-state index in [1.165, 1.54) is 0 Å². The number of halogens is 1. The van der Waals surface area contributed by atoms with Gasteiger partial charge in [-0.15, -0.1) is 0 Å². The lowest BCUT2D eigenvalue weighted by molar-refractivity contribution is -0.133. The molecular formula is C21H24ClNO3. The molecule has 0 spiro atoms. The Morgan fingerprint density at radius 2 is 1.73 bits per heavy atom. The number of carbonyl (C=O) groups is 1. The highest BCUT2D eigenvalue weighted by Gasteiger charge is 2.38. The van der Waals surface area contributed by atoms with Crippen molar-refractivity contribution in [1.82, 2.24) is 4.90 Å². The van der Waals surface area contributed by atoms with Gasteiger partial charge in [0, 0.05) is 12.1 Å². The smallest absolute Gasteiger partial charge is 0.230 e. The van der Waals surface area contributed by atoms with Crippen molar-refractivity contribution < 1.29 is 14.6 Å². The van der Waals surface area contributed by atoms with Crippen LogP contribution in [0.2, 0.25) is 5.02 Å². The Morgan fingerprint density at radius 1 is 1.15 bits per heavy atom. The van der Waals surface area contributed by atoms with Crippen LogP contribution in [0, 0.1) is 5.92 Å². The van der Waals surface area contributed by atoms with Crippen molar-refractivity contribution in [3.05, 3.63) is 64.7 Å². The van der Waals surface area contributed by atoms with Gasteiger partial charge in [0.25, 0.3) is 0 Å². The molecule has 138 valence electrons. The summed E-state index contributed by atoms with van der Waals surface area (Å²) in [6.45, 7) is 0.252. The first kappa shape index (κ1) is 18.7. The van der Waals surface area contributed by atoms with Crippen LogP contribution < -0.4 is 4.74 Å². The Bertz CT molecular complexity index is 741. The predicted molar refractivity (Wildman–Crippen MR) is 103 cm³/mol. The maximum absolute atomic E-state index is 13.0. The van der Waals surface area contributed by atoms with Crippen LogP contribution >= 0.6 is 11.6 Å². The molecule has 2 aromatic carbocycles. The number of benzene rings is 2. The van der Waals surface area contributed by atoms with Crippen LogP contribution in [0.15, 0.2) is 48.5 Å². The van der Waals surface area contributed by atoms with Crippen LogP contribution in [-0.2, 0) is 4.79 Å². The van der Waals surface area contributed by atoms with Crippen molar-refractivity contribution in [3.8, 4) is 5.75 Å². The summed E-state index contributed by atoms with van der Waals surface area (Å²) in [7, 11) is 3.35. The average molecular weight is 374 g/mol. The van der Waals surface area contributed by atoms with E-state index in [9.17, 15) is 9.90 Å². The summed E-state index contributed by atoms with van der Waals surface area (Å²) in [4.78, 5) is 14.7. The van der Waals surface area contributed by atoms with Crippen molar-refractivity contribution in [2.45, 2.75) is 24.9 Å². The first-order chi connectivity index (χ1) is 12.5. The van der Waals surface area contributed by atoms with Crippen molar-refractivity contribution in [2.24, 2.45) is 5.92 Å². The number of nitrogens with zero attached hydrogens (tertiary/aromatic N) is 1. The summed E-state index contributed by atoms with van der Waals surface area (Å²) in [6.07, 6.45) is 1.39. The number of likely N-dealkylation sites (N-methyl/N-ethyl adjacent to an activating group) is 1. The lowest BCUT2D eigenvalue weighted by Crippen LogP contribution is -2.35. The summed E-state index contributed by atoms with van der Waals surface area (Å²) in [6, 6.07) is 14.8. The first-order valence-electron chi connectivity index (χ1n) is 8.82. The molecule has 4 nitrogen and oxygen atoms in total. The summed E-state index contributed by atoms with van der Waals surface area (Å²) < 4.78 is 5.13. The molecule has 1 fully saturated rings. The van der Waals surface area contributed by atoms with Gasteiger partial charge in [-0.2, -0.15) is 0 Å². The van der Waals surface area contributed by atoms with E-state index < -0.39 is 6.10 Å². The second-order valence-electron chi connectivity index (χ2n) is 6.87. The van der Waals surface area contributed by atoms with E-state index in [4.69, 9.17) is 16.3 Å². The van der Waals surface area contributed by atoms with Crippen LogP contribution in [0.1, 0.15) is 36.0 Å². The quantitative estimate of drug-likeness (QED) is 0.797. The zero-order chi connectivity index (χ0) is 18.7. The van der Waals surface area contributed by atoms with Gasteiger partial charge in [0.05, 0.1) is 25.7 Å². The molecule has 2 atom stereocenters. The third-order valence-corrected chi connectivity index (χ3v) is 5.16. The van der Waals surface area contributed by atoms with Crippen molar-refractivity contribution in [1.29, 1.82) is 0 Å². The topological polar surface area (TPSA) is 49.8 Å². The number of amides is 1. The SMILES string of the molecule is COc1ccc(C(O)CN(C)C(=O)C(c2ccc(Cl)cc2)C2CC2)cc1. The average Bonchev–Trinajstić information content (AvgIpc) is 3.48. The Balaban J connectivity index is 1.69. The predicted octanol–water partition coefficient (Wildman–Crippen LogP) is 4.03. The largest absolute Gasteiger partial charge is 0.497 e. The molecule has 0 heterocycles. The number of hydrogen-bond acceptors (Lipinski definition) is 3. The molecule has 3 rings (SSSR count). The number of methoxy groups -OCH3 is 1. The van der Waals surface area contributed by atoms with E-state index in [0.29, 0.717) is 10.9 Å². The summed E-state index contributed by atoms with van der Waals surface area (Å²) in [5.74, 6) is 0.994. The Kier molecular flexibility index (Phi) is 5.84. The van der Waals surface area contributed by atoms with Crippen LogP contribution in [0.3, 0.4) is 0 Å². The summed E-state index contributed by atoms with van der Waals surface area (Å²) in [5, 5.41) is 11.2. The maximum atomic E-state index is 13.0. The number of rotatable bonds is 7. The number of aliphatic hydroxyl groups is 1. The van der Waals surface area contributed by atoms with Crippen LogP contribution in [0.25, 0.3) is 0 Å². The molecule has 0 saturated heterocycles. The molecule has 1 amide bonds. The normalized spacial score (nSPS) is 16.0. The van der Waals surface area contributed by atoms with E-state index in [0.717, 1.165) is 29.7 Å². The van der Waals surface area contributed by atoms with E-state index >= 15 is 0 Å². The fourth-order valence-electron chi connectivity index (χ4n) is 3.23. The Hall–Kier alpha value is -2.04. The molecule has 1 saturated carbocycles. The lowest BCUT2D eigenvalue weighted by Gasteiger charge is -2.26. The molecule has 1 N–H and O–H groups in total. The van der Waals surface area contributed by atoms with Crippen LogP contribution in [-0.4, -0.2) is 36.6 Å². The second-order valence-corrected chi connectivity index (χ2v) is 7.31. The fraction of sp³-hybridized carbons (Fsp3) is 0.381. The van der Waals surface area contributed by atoms with Crippen molar-refractivity contribution >= 4 is 17.5 Å². The maximum Gasteiger partial charge on any atom is 0.230 e. The van der Waals surface area contributed by atoms with Crippen LogP contribution in [0.5, 0.6) is 5.75 Å². The number of ether oxygens (including phenoxy) is 1. The third kappa shape index (κ3) is 4.37. The van der Waals surface area contributed by atoms with Gasteiger partial charge in [0.15, 0.2) is 0 Å². The van der Waals surface area contributed by atoms with Crippen molar-refractivity contribution in [3.63, 3.8) is 0 Å². The molecule has 1 aliphatic carbocycles. The highest BCUT2D eigenvalue weighted by atomic mass is 35.5. The van der Waals surface area contributed by atoms with E-state index in [-0.39, 0.29) is 18.4 Å². The third-order valence-electron chi connectivity index (χ3n) is 4.91. The molecule has 2 unspecified atom stereocenters. The van der Waals surface area contributed by atoms with Crippen molar-refractivity contribution in [2.75, 3.05) is 20.7 Å². The molecule has 5 heteroatoms. The molecule has 2 aromatic rings.